The van der Waals surface area contributed by atoms with Gasteiger partial charge in [0, 0.05) is 16.8 Å². The highest BCUT2D eigenvalue weighted by Crippen LogP contribution is 2.14. The first-order chi connectivity index (χ1) is 13.5. The van der Waals surface area contributed by atoms with E-state index in [0.717, 1.165) is 11.1 Å². The first kappa shape index (κ1) is 18.8. The minimum atomic E-state index is -0.369. The molecule has 0 saturated heterocycles. The van der Waals surface area contributed by atoms with Crippen LogP contribution in [0, 0.1) is 6.92 Å². The third-order valence-corrected chi connectivity index (χ3v) is 4.07. The number of hydrogen-bond donors (Lipinski definition) is 3. The monoisotopic (exact) mass is 373 g/mol. The van der Waals surface area contributed by atoms with E-state index in [2.05, 4.69) is 15.8 Å². The number of anilines is 1. The van der Waals surface area contributed by atoms with Crippen molar-refractivity contribution in [1.82, 2.24) is 5.43 Å². The van der Waals surface area contributed by atoms with Gasteiger partial charge in [0.25, 0.3) is 11.8 Å². The molecule has 0 aliphatic carbocycles. The Labute approximate surface area is 162 Å². The molecular formula is C22H19N3O3. The Morgan fingerprint density at radius 3 is 2.25 bits per heavy atom. The van der Waals surface area contributed by atoms with E-state index in [1.807, 2.05) is 25.1 Å². The second-order valence-electron chi connectivity index (χ2n) is 6.14. The topological polar surface area (TPSA) is 90.8 Å². The van der Waals surface area contributed by atoms with Gasteiger partial charge in [0.15, 0.2) is 0 Å². The number of phenolic OH excluding ortho intramolecular Hbond substituents is 1. The van der Waals surface area contributed by atoms with Crippen LogP contribution in [0.5, 0.6) is 5.75 Å². The summed E-state index contributed by atoms with van der Waals surface area (Å²) in [6, 6.07) is 20.3. The summed E-state index contributed by atoms with van der Waals surface area (Å²) in [4.78, 5) is 24.5. The van der Waals surface area contributed by atoms with Crippen molar-refractivity contribution in [3.63, 3.8) is 0 Å². The predicted molar refractivity (Wildman–Crippen MR) is 109 cm³/mol. The number of amides is 2. The number of carbonyl (C=O) groups excluding carboxylic acids is 2. The van der Waals surface area contributed by atoms with Crippen molar-refractivity contribution in [1.29, 1.82) is 0 Å². The van der Waals surface area contributed by atoms with Crippen LogP contribution in [-0.4, -0.2) is 23.1 Å². The number of carbonyl (C=O) groups is 2. The number of hydrogen-bond acceptors (Lipinski definition) is 4. The lowest BCUT2D eigenvalue weighted by Crippen LogP contribution is -2.18. The Kier molecular flexibility index (Phi) is 5.81. The molecule has 0 atom stereocenters. The van der Waals surface area contributed by atoms with Gasteiger partial charge in [-0.1, -0.05) is 18.2 Å². The van der Waals surface area contributed by atoms with Gasteiger partial charge in [0.2, 0.25) is 0 Å². The van der Waals surface area contributed by atoms with E-state index >= 15 is 0 Å². The Morgan fingerprint density at radius 1 is 0.893 bits per heavy atom. The van der Waals surface area contributed by atoms with Crippen LogP contribution in [0.4, 0.5) is 5.69 Å². The quantitative estimate of drug-likeness (QED) is 0.470. The zero-order chi connectivity index (χ0) is 19.9. The summed E-state index contributed by atoms with van der Waals surface area (Å²) in [5, 5.41) is 15.9. The molecule has 3 aromatic carbocycles. The number of hydrazone groups is 1. The summed E-state index contributed by atoms with van der Waals surface area (Å²) in [5.41, 5.74) is 5.68. The van der Waals surface area contributed by atoms with Crippen LogP contribution in [0.2, 0.25) is 0 Å². The molecular weight excluding hydrogens is 354 g/mol. The van der Waals surface area contributed by atoms with Crippen molar-refractivity contribution in [2.24, 2.45) is 5.10 Å². The molecule has 0 spiro atoms. The summed E-state index contributed by atoms with van der Waals surface area (Å²) >= 11 is 0. The maximum absolute atomic E-state index is 12.3. The summed E-state index contributed by atoms with van der Waals surface area (Å²) < 4.78 is 0. The van der Waals surface area contributed by atoms with Gasteiger partial charge in [0.05, 0.1) is 6.21 Å². The summed E-state index contributed by atoms with van der Waals surface area (Å²) in [6.45, 7) is 1.88. The van der Waals surface area contributed by atoms with E-state index in [-0.39, 0.29) is 17.6 Å². The summed E-state index contributed by atoms with van der Waals surface area (Å²) in [6.07, 6.45) is 1.48. The van der Waals surface area contributed by atoms with Crippen molar-refractivity contribution in [2.45, 2.75) is 6.92 Å². The lowest BCUT2D eigenvalue weighted by atomic mass is 10.1. The Hall–Kier alpha value is -3.93. The molecule has 0 unspecified atom stereocenters. The lowest BCUT2D eigenvalue weighted by Gasteiger charge is -2.08. The molecule has 3 rings (SSSR count). The van der Waals surface area contributed by atoms with Crippen molar-refractivity contribution < 1.29 is 14.7 Å². The van der Waals surface area contributed by atoms with E-state index in [1.165, 1.54) is 18.3 Å². The molecule has 3 N–H and O–H groups in total. The highest BCUT2D eigenvalue weighted by molar-refractivity contribution is 6.05. The molecule has 0 fully saturated rings. The third kappa shape index (κ3) is 4.82. The minimum Gasteiger partial charge on any atom is -0.508 e. The van der Waals surface area contributed by atoms with Gasteiger partial charge in [-0.25, -0.2) is 5.43 Å². The van der Waals surface area contributed by atoms with Crippen LogP contribution >= 0.6 is 0 Å². The van der Waals surface area contributed by atoms with Gasteiger partial charge in [-0.15, -0.1) is 0 Å². The van der Waals surface area contributed by atoms with Gasteiger partial charge in [-0.05, 0) is 72.6 Å². The highest BCUT2D eigenvalue weighted by atomic mass is 16.3. The zero-order valence-electron chi connectivity index (χ0n) is 15.2. The Balaban J connectivity index is 1.59. The molecule has 3 aromatic rings. The SMILES string of the molecule is Cc1ccccc1C(=O)Nc1ccc(C(=O)N/N=C\c2ccc(O)cc2)cc1. The van der Waals surface area contributed by atoms with Crippen LogP contribution in [0.3, 0.4) is 0 Å². The first-order valence-electron chi connectivity index (χ1n) is 8.62. The number of rotatable bonds is 5. The standard InChI is InChI=1S/C22H19N3O3/c1-15-4-2-3-5-20(15)22(28)24-18-10-8-17(9-11-18)21(27)25-23-14-16-6-12-19(26)13-7-16/h2-14,26H,1H3,(H,24,28)(H,25,27)/b23-14-. The molecule has 0 saturated carbocycles. The molecule has 0 aromatic heterocycles. The predicted octanol–water partition coefficient (Wildman–Crippen LogP) is 3.72. The van der Waals surface area contributed by atoms with Gasteiger partial charge in [-0.3, -0.25) is 9.59 Å². The fourth-order valence-corrected chi connectivity index (χ4v) is 2.52. The van der Waals surface area contributed by atoms with Crippen molar-refractivity contribution in [2.75, 3.05) is 5.32 Å². The van der Waals surface area contributed by atoms with Crippen LogP contribution in [-0.2, 0) is 0 Å². The molecule has 0 radical (unpaired) electrons. The molecule has 0 bridgehead atoms. The molecule has 140 valence electrons. The van der Waals surface area contributed by atoms with Gasteiger partial charge >= 0.3 is 0 Å². The van der Waals surface area contributed by atoms with Crippen LogP contribution in [0.25, 0.3) is 0 Å². The lowest BCUT2D eigenvalue weighted by molar-refractivity contribution is 0.0954. The molecule has 6 heteroatoms. The number of aryl methyl sites for hydroxylation is 1. The van der Waals surface area contributed by atoms with Gasteiger partial charge < -0.3 is 10.4 Å². The first-order valence-corrected chi connectivity index (χ1v) is 8.62. The van der Waals surface area contributed by atoms with E-state index in [9.17, 15) is 14.7 Å². The van der Waals surface area contributed by atoms with Gasteiger partial charge in [-0.2, -0.15) is 5.10 Å². The molecule has 28 heavy (non-hydrogen) atoms. The number of nitrogens with zero attached hydrogens (tertiary/aromatic N) is 1. The van der Waals surface area contributed by atoms with Gasteiger partial charge in [0.1, 0.15) is 5.75 Å². The van der Waals surface area contributed by atoms with E-state index in [0.29, 0.717) is 16.8 Å². The Morgan fingerprint density at radius 2 is 1.57 bits per heavy atom. The number of aromatic hydroxyl groups is 1. The normalized spacial score (nSPS) is 10.6. The van der Waals surface area contributed by atoms with Crippen molar-refractivity contribution in [3.8, 4) is 5.75 Å². The number of benzene rings is 3. The number of nitrogens with one attached hydrogen (secondary N) is 2. The largest absolute Gasteiger partial charge is 0.508 e. The molecule has 0 aliphatic rings. The van der Waals surface area contributed by atoms with E-state index < -0.39 is 0 Å². The average Bonchev–Trinajstić information content (AvgIpc) is 2.70. The van der Waals surface area contributed by atoms with Crippen molar-refractivity contribution in [3.05, 3.63) is 95.1 Å². The molecule has 6 nitrogen and oxygen atoms in total. The zero-order valence-corrected chi connectivity index (χ0v) is 15.2. The van der Waals surface area contributed by atoms with E-state index in [1.54, 1.807) is 42.5 Å². The molecule has 0 heterocycles. The molecule has 0 aliphatic heterocycles. The van der Waals surface area contributed by atoms with Crippen LogP contribution < -0.4 is 10.7 Å². The van der Waals surface area contributed by atoms with Crippen LogP contribution in [0.1, 0.15) is 31.8 Å². The summed E-state index contributed by atoms with van der Waals surface area (Å²) in [7, 11) is 0. The fourth-order valence-electron chi connectivity index (χ4n) is 2.52. The minimum absolute atomic E-state index is 0.163. The fraction of sp³-hybridized carbons (Fsp3) is 0.0455. The summed E-state index contributed by atoms with van der Waals surface area (Å²) in [5.74, 6) is -0.406. The Bertz CT molecular complexity index is 1010. The maximum Gasteiger partial charge on any atom is 0.271 e. The van der Waals surface area contributed by atoms with Crippen LogP contribution in [0.15, 0.2) is 77.9 Å². The maximum atomic E-state index is 12.3. The third-order valence-electron chi connectivity index (χ3n) is 4.07. The van der Waals surface area contributed by atoms with Crippen molar-refractivity contribution >= 4 is 23.7 Å². The smallest absolute Gasteiger partial charge is 0.271 e. The average molecular weight is 373 g/mol. The van der Waals surface area contributed by atoms with E-state index in [4.69, 9.17) is 0 Å². The molecule has 2 amide bonds. The number of phenols is 1. The second-order valence-corrected chi connectivity index (χ2v) is 6.14. The highest BCUT2D eigenvalue weighted by Gasteiger charge is 2.09. The second kappa shape index (κ2) is 8.64.